The first-order valence-corrected chi connectivity index (χ1v) is 7.42. The van der Waals surface area contributed by atoms with Crippen molar-refractivity contribution in [3.63, 3.8) is 0 Å². The van der Waals surface area contributed by atoms with E-state index < -0.39 is 23.8 Å². The van der Waals surface area contributed by atoms with Crippen molar-refractivity contribution in [3.05, 3.63) is 64.7 Å². The number of hydrogen-bond acceptors (Lipinski definition) is 3. The number of rotatable bonds is 5. The number of carbonyl (C=O) groups excluding carboxylic acids is 1. The number of aliphatic hydroxyl groups is 1. The Labute approximate surface area is 139 Å². The van der Waals surface area contributed by atoms with Crippen molar-refractivity contribution in [2.45, 2.75) is 26.0 Å². The highest BCUT2D eigenvalue weighted by Crippen LogP contribution is 2.21. The third kappa shape index (κ3) is 3.89. The van der Waals surface area contributed by atoms with E-state index in [0.29, 0.717) is 11.3 Å². The molecule has 0 radical (unpaired) electrons. The SMILES string of the molecule is COc1ccc(C(=O)NC(C)C(O)c2ccc(F)c(F)c2)c(C)c1. The van der Waals surface area contributed by atoms with E-state index in [0.717, 1.165) is 17.7 Å². The number of aliphatic hydroxyl groups excluding tert-OH is 1. The van der Waals surface area contributed by atoms with Gasteiger partial charge in [0, 0.05) is 5.56 Å². The fourth-order valence-corrected chi connectivity index (χ4v) is 2.37. The maximum Gasteiger partial charge on any atom is 0.251 e. The molecule has 0 aliphatic rings. The Kier molecular flexibility index (Phi) is 5.51. The molecular formula is C18H19F2NO3. The maximum atomic E-state index is 13.3. The summed E-state index contributed by atoms with van der Waals surface area (Å²) in [7, 11) is 1.54. The van der Waals surface area contributed by atoms with Gasteiger partial charge in [-0.1, -0.05) is 6.07 Å². The van der Waals surface area contributed by atoms with Gasteiger partial charge < -0.3 is 15.2 Å². The summed E-state index contributed by atoms with van der Waals surface area (Å²) in [6.45, 7) is 3.36. The minimum Gasteiger partial charge on any atom is -0.497 e. The Morgan fingerprint density at radius 1 is 1.17 bits per heavy atom. The number of benzene rings is 2. The van der Waals surface area contributed by atoms with E-state index in [1.54, 1.807) is 32.0 Å². The molecule has 0 saturated carbocycles. The normalized spacial score (nSPS) is 13.2. The summed E-state index contributed by atoms with van der Waals surface area (Å²) in [5.74, 6) is -1.77. The first-order chi connectivity index (χ1) is 11.3. The molecule has 0 heterocycles. The maximum absolute atomic E-state index is 13.3. The average Bonchev–Trinajstić information content (AvgIpc) is 2.56. The second kappa shape index (κ2) is 7.40. The van der Waals surface area contributed by atoms with Crippen LogP contribution in [-0.2, 0) is 0 Å². The zero-order valence-corrected chi connectivity index (χ0v) is 13.6. The van der Waals surface area contributed by atoms with Gasteiger partial charge in [-0.3, -0.25) is 4.79 Å². The fourth-order valence-electron chi connectivity index (χ4n) is 2.37. The van der Waals surface area contributed by atoms with E-state index in [2.05, 4.69) is 5.32 Å². The largest absolute Gasteiger partial charge is 0.497 e. The Hall–Kier alpha value is -2.47. The molecule has 1 amide bonds. The smallest absolute Gasteiger partial charge is 0.251 e. The van der Waals surface area contributed by atoms with Gasteiger partial charge in [0.25, 0.3) is 5.91 Å². The molecule has 24 heavy (non-hydrogen) atoms. The molecule has 2 atom stereocenters. The van der Waals surface area contributed by atoms with E-state index in [1.165, 1.54) is 13.2 Å². The lowest BCUT2D eigenvalue weighted by atomic mass is 10.0. The molecule has 0 aliphatic carbocycles. The number of methoxy groups -OCH3 is 1. The lowest BCUT2D eigenvalue weighted by Gasteiger charge is -2.21. The number of aryl methyl sites for hydroxylation is 1. The number of halogens is 2. The van der Waals surface area contributed by atoms with Gasteiger partial charge in [0.1, 0.15) is 5.75 Å². The van der Waals surface area contributed by atoms with Gasteiger partial charge >= 0.3 is 0 Å². The molecule has 0 aliphatic heterocycles. The Bertz CT molecular complexity index is 749. The predicted molar refractivity (Wildman–Crippen MR) is 86.0 cm³/mol. The van der Waals surface area contributed by atoms with Crippen LogP contribution in [-0.4, -0.2) is 24.2 Å². The van der Waals surface area contributed by atoms with Gasteiger partial charge in [-0.15, -0.1) is 0 Å². The van der Waals surface area contributed by atoms with Crippen LogP contribution in [0.15, 0.2) is 36.4 Å². The summed E-state index contributed by atoms with van der Waals surface area (Å²) in [4.78, 5) is 12.3. The molecule has 0 bridgehead atoms. The quantitative estimate of drug-likeness (QED) is 0.882. The summed E-state index contributed by atoms with van der Waals surface area (Å²) in [5.41, 5.74) is 1.36. The number of ether oxygens (including phenoxy) is 1. The third-order valence-corrected chi connectivity index (χ3v) is 3.80. The molecule has 2 unspecified atom stereocenters. The van der Waals surface area contributed by atoms with Crippen LogP contribution < -0.4 is 10.1 Å². The van der Waals surface area contributed by atoms with Crippen LogP contribution in [0.2, 0.25) is 0 Å². The Morgan fingerprint density at radius 3 is 2.46 bits per heavy atom. The first kappa shape index (κ1) is 17.9. The molecular weight excluding hydrogens is 316 g/mol. The summed E-state index contributed by atoms with van der Waals surface area (Å²) in [6, 6.07) is 7.47. The third-order valence-electron chi connectivity index (χ3n) is 3.80. The lowest BCUT2D eigenvalue weighted by Crippen LogP contribution is -2.37. The first-order valence-electron chi connectivity index (χ1n) is 7.42. The van der Waals surface area contributed by atoms with Crippen molar-refractivity contribution in [1.29, 1.82) is 0 Å². The molecule has 128 valence electrons. The number of amides is 1. The van der Waals surface area contributed by atoms with E-state index in [4.69, 9.17) is 4.74 Å². The van der Waals surface area contributed by atoms with Gasteiger partial charge in [0.2, 0.25) is 0 Å². The van der Waals surface area contributed by atoms with Crippen molar-refractivity contribution in [1.82, 2.24) is 5.32 Å². The standard InChI is InChI=1S/C18H19F2NO3/c1-10-8-13(24-3)5-6-14(10)18(23)21-11(2)17(22)12-4-7-15(19)16(20)9-12/h4-9,11,17,22H,1-3H3,(H,21,23). The molecule has 2 aromatic rings. The second-order valence-corrected chi connectivity index (χ2v) is 5.56. The topological polar surface area (TPSA) is 58.6 Å². The molecule has 0 saturated heterocycles. The summed E-state index contributed by atoms with van der Waals surface area (Å²) in [5, 5.41) is 12.9. The van der Waals surface area contributed by atoms with E-state index in [-0.39, 0.29) is 11.5 Å². The molecule has 2 aromatic carbocycles. The highest BCUT2D eigenvalue weighted by atomic mass is 19.2. The molecule has 0 fully saturated rings. The van der Waals surface area contributed by atoms with Crippen LogP contribution in [0, 0.1) is 18.6 Å². The lowest BCUT2D eigenvalue weighted by molar-refractivity contribution is 0.0851. The Balaban J connectivity index is 2.11. The monoisotopic (exact) mass is 335 g/mol. The molecule has 6 heteroatoms. The minimum atomic E-state index is -1.16. The highest BCUT2D eigenvalue weighted by Gasteiger charge is 2.21. The van der Waals surface area contributed by atoms with Gasteiger partial charge in [0.05, 0.1) is 19.3 Å². The van der Waals surface area contributed by atoms with Crippen molar-refractivity contribution in [2.24, 2.45) is 0 Å². The highest BCUT2D eigenvalue weighted by molar-refractivity contribution is 5.96. The van der Waals surface area contributed by atoms with Gasteiger partial charge in [0.15, 0.2) is 11.6 Å². The zero-order valence-electron chi connectivity index (χ0n) is 13.6. The number of nitrogens with one attached hydrogen (secondary N) is 1. The molecule has 0 spiro atoms. The predicted octanol–water partition coefficient (Wildman–Crippen LogP) is 3.13. The zero-order chi connectivity index (χ0) is 17.9. The molecule has 4 nitrogen and oxygen atoms in total. The second-order valence-electron chi connectivity index (χ2n) is 5.56. The van der Waals surface area contributed by atoms with E-state index in [9.17, 15) is 18.7 Å². The Morgan fingerprint density at radius 2 is 1.88 bits per heavy atom. The van der Waals surface area contributed by atoms with Gasteiger partial charge in [-0.2, -0.15) is 0 Å². The number of hydrogen-bond donors (Lipinski definition) is 2. The summed E-state index contributed by atoms with van der Waals surface area (Å²) < 4.78 is 31.3. The van der Waals surface area contributed by atoms with Crippen LogP contribution in [0.5, 0.6) is 5.75 Å². The van der Waals surface area contributed by atoms with Crippen LogP contribution in [0.4, 0.5) is 8.78 Å². The summed E-state index contributed by atoms with van der Waals surface area (Å²) >= 11 is 0. The van der Waals surface area contributed by atoms with Gasteiger partial charge in [-0.05, 0) is 55.3 Å². The number of carbonyl (C=O) groups is 1. The van der Waals surface area contributed by atoms with Crippen LogP contribution in [0.25, 0.3) is 0 Å². The van der Waals surface area contributed by atoms with Gasteiger partial charge in [-0.25, -0.2) is 8.78 Å². The average molecular weight is 335 g/mol. The fraction of sp³-hybridized carbons (Fsp3) is 0.278. The van der Waals surface area contributed by atoms with E-state index in [1.807, 2.05) is 0 Å². The van der Waals surface area contributed by atoms with Crippen LogP contribution >= 0.6 is 0 Å². The molecule has 0 aromatic heterocycles. The van der Waals surface area contributed by atoms with Crippen molar-refractivity contribution in [2.75, 3.05) is 7.11 Å². The molecule has 2 rings (SSSR count). The summed E-state index contributed by atoms with van der Waals surface area (Å²) in [6.07, 6.45) is -1.16. The molecule has 2 N–H and O–H groups in total. The van der Waals surface area contributed by atoms with Crippen molar-refractivity contribution < 1.29 is 23.4 Å². The van der Waals surface area contributed by atoms with Crippen LogP contribution in [0.3, 0.4) is 0 Å². The van der Waals surface area contributed by atoms with Crippen molar-refractivity contribution >= 4 is 5.91 Å². The van der Waals surface area contributed by atoms with Crippen LogP contribution in [0.1, 0.15) is 34.5 Å². The van der Waals surface area contributed by atoms with Crippen molar-refractivity contribution in [3.8, 4) is 5.75 Å². The minimum absolute atomic E-state index is 0.188. The van der Waals surface area contributed by atoms with E-state index >= 15 is 0 Å².